The van der Waals surface area contributed by atoms with Crippen molar-refractivity contribution < 1.29 is 4.79 Å². The van der Waals surface area contributed by atoms with Crippen molar-refractivity contribution in [1.82, 2.24) is 5.32 Å². The van der Waals surface area contributed by atoms with Crippen LogP contribution in [0.3, 0.4) is 0 Å². The summed E-state index contributed by atoms with van der Waals surface area (Å²) in [6.45, 7) is 5.53. The van der Waals surface area contributed by atoms with E-state index >= 15 is 0 Å². The molecule has 0 radical (unpaired) electrons. The second kappa shape index (κ2) is 3.77. The van der Waals surface area contributed by atoms with Gasteiger partial charge in [0.2, 0.25) is 5.91 Å². The topological polar surface area (TPSA) is 53.8 Å². The third-order valence-electron chi connectivity index (χ3n) is 1.32. The molecule has 1 N–H and O–H groups in total. The number of hydrogen-bond donors (Lipinski definition) is 1. The van der Waals surface area contributed by atoms with Crippen molar-refractivity contribution in [2.45, 2.75) is 20.8 Å². The van der Waals surface area contributed by atoms with Gasteiger partial charge in [0.1, 0.15) is 0 Å². The number of rotatable bonds is 0. The first-order valence-electron chi connectivity index (χ1n) is 3.83. The standard InChI is InChI=1S/C8H11N3OS/c1-8(2,3)6(12)10-7-11-9-4-5-13-7/h5H,1-3H3,(H,10,11,12). The van der Waals surface area contributed by atoms with E-state index in [4.69, 9.17) is 0 Å². The fourth-order valence-electron chi connectivity index (χ4n) is 0.543. The largest absolute Gasteiger partial charge is 0.303 e. The van der Waals surface area contributed by atoms with E-state index < -0.39 is 5.41 Å². The molecule has 1 amide bonds. The van der Waals surface area contributed by atoms with Crippen LogP contribution in [-0.2, 0) is 4.79 Å². The number of amidine groups is 1. The van der Waals surface area contributed by atoms with Crippen molar-refractivity contribution in [3.8, 4) is 0 Å². The van der Waals surface area contributed by atoms with Gasteiger partial charge in [-0.05, 0) is 11.8 Å². The van der Waals surface area contributed by atoms with E-state index in [1.165, 1.54) is 11.8 Å². The average molecular weight is 197 g/mol. The molecule has 70 valence electrons. The number of nitrogens with one attached hydrogen (secondary N) is 1. The van der Waals surface area contributed by atoms with Gasteiger partial charge >= 0.3 is 0 Å². The molecule has 0 aromatic heterocycles. The van der Waals surface area contributed by atoms with Crippen LogP contribution in [0.5, 0.6) is 0 Å². The molecule has 1 aliphatic rings. The minimum Gasteiger partial charge on any atom is -0.303 e. The molecule has 0 aliphatic carbocycles. The highest BCUT2D eigenvalue weighted by Gasteiger charge is 2.22. The van der Waals surface area contributed by atoms with E-state index in [-0.39, 0.29) is 5.91 Å². The maximum atomic E-state index is 11.5. The Morgan fingerprint density at radius 2 is 2.31 bits per heavy atom. The second-order valence-electron chi connectivity index (χ2n) is 3.57. The molecule has 0 atom stereocenters. The van der Waals surface area contributed by atoms with Crippen LogP contribution in [0.4, 0.5) is 0 Å². The second-order valence-corrected chi connectivity index (χ2v) is 4.43. The highest BCUT2D eigenvalue weighted by Crippen LogP contribution is 2.14. The van der Waals surface area contributed by atoms with E-state index in [0.717, 1.165) is 0 Å². The van der Waals surface area contributed by atoms with Gasteiger partial charge in [0, 0.05) is 16.7 Å². The maximum absolute atomic E-state index is 11.5. The summed E-state index contributed by atoms with van der Waals surface area (Å²) >= 11 is 1.30. The summed E-state index contributed by atoms with van der Waals surface area (Å²) in [5, 5.41) is 12.1. The van der Waals surface area contributed by atoms with Gasteiger partial charge in [0.05, 0.1) is 0 Å². The summed E-state index contributed by atoms with van der Waals surface area (Å²) in [6.07, 6.45) is 0. The lowest BCUT2D eigenvalue weighted by molar-refractivity contribution is -0.126. The Bertz CT molecular complexity index is 308. The van der Waals surface area contributed by atoms with Crippen molar-refractivity contribution in [1.29, 1.82) is 0 Å². The van der Waals surface area contributed by atoms with Crippen LogP contribution < -0.4 is 5.32 Å². The van der Waals surface area contributed by atoms with Gasteiger partial charge < -0.3 is 5.32 Å². The monoisotopic (exact) mass is 197 g/mol. The van der Waals surface area contributed by atoms with E-state index in [2.05, 4.69) is 21.4 Å². The Balaban J connectivity index is 2.56. The minimum absolute atomic E-state index is 0.0655. The van der Waals surface area contributed by atoms with E-state index in [0.29, 0.717) is 5.17 Å². The number of carbonyl (C=O) groups excluding carboxylic acids is 1. The molecule has 1 aliphatic heterocycles. The summed E-state index contributed by atoms with van der Waals surface area (Å²) in [4.78, 5) is 11.5. The van der Waals surface area contributed by atoms with Gasteiger partial charge in [0.15, 0.2) is 5.17 Å². The number of carbonyl (C=O) groups is 1. The SMILES string of the molecule is CC(C)(C)C(=O)NC1=NN=C=CS1. The molecule has 1 heterocycles. The van der Waals surface area contributed by atoms with Crippen molar-refractivity contribution in [2.24, 2.45) is 15.6 Å². The van der Waals surface area contributed by atoms with E-state index in [1.807, 2.05) is 20.8 Å². The Morgan fingerprint density at radius 3 is 2.77 bits per heavy atom. The highest BCUT2D eigenvalue weighted by atomic mass is 32.2. The molecule has 0 bridgehead atoms. The van der Waals surface area contributed by atoms with E-state index in [9.17, 15) is 4.79 Å². The van der Waals surface area contributed by atoms with Gasteiger partial charge in [-0.2, -0.15) is 0 Å². The average Bonchev–Trinajstić information content (AvgIpc) is 2.04. The summed E-state index contributed by atoms with van der Waals surface area (Å²) in [7, 11) is 0. The smallest absolute Gasteiger partial charge is 0.231 e. The number of hydrogen-bond acceptors (Lipinski definition) is 4. The quantitative estimate of drug-likeness (QED) is 0.637. The van der Waals surface area contributed by atoms with Crippen LogP contribution >= 0.6 is 11.8 Å². The van der Waals surface area contributed by atoms with Crippen molar-refractivity contribution in [3.63, 3.8) is 0 Å². The zero-order chi connectivity index (χ0) is 9.90. The lowest BCUT2D eigenvalue weighted by Gasteiger charge is -2.17. The lowest BCUT2D eigenvalue weighted by Crippen LogP contribution is -2.37. The van der Waals surface area contributed by atoms with Gasteiger partial charge in [-0.3, -0.25) is 4.79 Å². The first-order valence-corrected chi connectivity index (χ1v) is 4.71. The molecule has 0 saturated heterocycles. The molecule has 13 heavy (non-hydrogen) atoms. The molecule has 0 aromatic carbocycles. The molecule has 0 unspecified atom stereocenters. The molecule has 0 spiro atoms. The molecule has 0 aromatic rings. The number of thioether (sulfide) groups is 1. The predicted molar refractivity (Wildman–Crippen MR) is 54.6 cm³/mol. The Morgan fingerprint density at radius 1 is 1.62 bits per heavy atom. The van der Waals surface area contributed by atoms with Crippen molar-refractivity contribution >= 4 is 28.7 Å². The highest BCUT2D eigenvalue weighted by molar-refractivity contribution is 8.16. The summed E-state index contributed by atoms with van der Waals surface area (Å²) < 4.78 is 0. The number of nitrogens with zero attached hydrogens (tertiary/aromatic N) is 2. The van der Waals surface area contributed by atoms with Gasteiger partial charge in [0.25, 0.3) is 0 Å². The molecule has 4 nitrogen and oxygen atoms in total. The zero-order valence-corrected chi connectivity index (χ0v) is 8.60. The van der Waals surface area contributed by atoms with Crippen molar-refractivity contribution in [2.75, 3.05) is 0 Å². The number of amides is 1. The van der Waals surface area contributed by atoms with Gasteiger partial charge in [-0.1, -0.05) is 20.8 Å². The maximum Gasteiger partial charge on any atom is 0.231 e. The first kappa shape index (κ1) is 10.0. The Labute approximate surface area is 81.2 Å². The fraction of sp³-hybridized carbons (Fsp3) is 0.500. The lowest BCUT2D eigenvalue weighted by atomic mass is 9.96. The predicted octanol–water partition coefficient (Wildman–Crippen LogP) is 1.35. The molecule has 5 heteroatoms. The molecular formula is C8H11N3OS. The van der Waals surface area contributed by atoms with Crippen molar-refractivity contribution in [3.05, 3.63) is 5.41 Å². The Hall–Kier alpha value is -1.06. The van der Waals surface area contributed by atoms with E-state index in [1.54, 1.807) is 5.41 Å². The molecule has 1 rings (SSSR count). The summed E-state index contributed by atoms with van der Waals surface area (Å²) in [5.41, 5.74) is -0.409. The van der Waals surface area contributed by atoms with Crippen LogP contribution in [0, 0.1) is 5.41 Å². The molecule has 0 saturated carbocycles. The first-order chi connectivity index (χ1) is 6.00. The third kappa shape index (κ3) is 3.05. The zero-order valence-electron chi connectivity index (χ0n) is 7.79. The third-order valence-corrected chi connectivity index (χ3v) is 1.95. The van der Waals surface area contributed by atoms with Crippen LogP contribution in [0.25, 0.3) is 0 Å². The fourth-order valence-corrected chi connectivity index (χ4v) is 0.994. The molecular weight excluding hydrogens is 186 g/mol. The minimum atomic E-state index is -0.409. The molecule has 0 fully saturated rings. The Kier molecular flexibility index (Phi) is 2.90. The summed E-state index contributed by atoms with van der Waals surface area (Å²) in [5.74, 6) is 2.49. The van der Waals surface area contributed by atoms with Crippen LogP contribution in [0.15, 0.2) is 15.6 Å². The van der Waals surface area contributed by atoms with Crippen LogP contribution in [-0.4, -0.2) is 16.9 Å². The van der Waals surface area contributed by atoms with Crippen LogP contribution in [0.1, 0.15) is 20.8 Å². The van der Waals surface area contributed by atoms with Crippen LogP contribution in [0.2, 0.25) is 0 Å². The van der Waals surface area contributed by atoms with Gasteiger partial charge in [-0.25, -0.2) is 0 Å². The van der Waals surface area contributed by atoms with Gasteiger partial charge in [-0.15, -0.1) is 10.2 Å². The summed E-state index contributed by atoms with van der Waals surface area (Å²) in [6, 6.07) is 0. The normalized spacial score (nSPS) is 15.5.